The van der Waals surface area contributed by atoms with Gasteiger partial charge in [-0.15, -0.1) is 6.58 Å². The van der Waals surface area contributed by atoms with E-state index in [1.165, 1.54) is 24.8 Å². The van der Waals surface area contributed by atoms with Crippen LogP contribution in [0.3, 0.4) is 0 Å². The van der Waals surface area contributed by atoms with Crippen LogP contribution in [0.5, 0.6) is 0 Å². The van der Waals surface area contributed by atoms with Crippen LogP contribution in [-0.4, -0.2) is 16.5 Å². The van der Waals surface area contributed by atoms with Crippen molar-refractivity contribution in [3.63, 3.8) is 0 Å². The highest BCUT2D eigenvalue weighted by molar-refractivity contribution is 5.34. The fourth-order valence-electron chi connectivity index (χ4n) is 3.00. The molecule has 2 atom stereocenters. The van der Waals surface area contributed by atoms with E-state index in [-0.39, 0.29) is 0 Å². The van der Waals surface area contributed by atoms with E-state index in [1.54, 1.807) is 0 Å². The van der Waals surface area contributed by atoms with Gasteiger partial charge in [0.05, 0.1) is 6.04 Å². The van der Waals surface area contributed by atoms with E-state index < -0.39 is 0 Å². The molecule has 1 nitrogen and oxygen atoms in total. The molecule has 2 fully saturated rings. The molecule has 3 rings (SSSR count). The van der Waals surface area contributed by atoms with Crippen LogP contribution in [0.2, 0.25) is 0 Å². The largest absolute Gasteiger partial charge is 0.276 e. The van der Waals surface area contributed by atoms with Crippen molar-refractivity contribution < 1.29 is 0 Å². The molecule has 0 radical (unpaired) electrons. The summed E-state index contributed by atoms with van der Waals surface area (Å²) in [6, 6.07) is 11.2. The minimum absolute atomic E-state index is 0.435. The summed E-state index contributed by atoms with van der Waals surface area (Å²) < 4.78 is 0. The Kier molecular flexibility index (Phi) is 2.97. The summed E-state index contributed by atoms with van der Waals surface area (Å²) in [5, 5.41) is 0. The molecule has 2 unspecified atom stereocenters. The predicted octanol–water partition coefficient (Wildman–Crippen LogP) is 3.37. The van der Waals surface area contributed by atoms with Crippen molar-refractivity contribution in [2.45, 2.75) is 43.8 Å². The molecule has 0 aromatic heterocycles. The van der Waals surface area contributed by atoms with Crippen LogP contribution in [0.1, 0.15) is 31.2 Å². The quantitative estimate of drug-likeness (QED) is 0.442. The van der Waals surface area contributed by atoms with Crippen LogP contribution in [0, 0.1) is 11.8 Å². The fraction of sp³-hybridized carbons (Fsp3) is 0.412. The van der Waals surface area contributed by atoms with E-state index in [1.807, 2.05) is 6.08 Å². The predicted molar refractivity (Wildman–Crippen MR) is 74.9 cm³/mol. The van der Waals surface area contributed by atoms with Crippen LogP contribution in [0.15, 0.2) is 43.0 Å². The minimum Gasteiger partial charge on any atom is -0.276 e. The second-order valence-corrected chi connectivity index (χ2v) is 5.29. The van der Waals surface area contributed by atoms with Gasteiger partial charge in [-0.25, -0.2) is 0 Å². The van der Waals surface area contributed by atoms with E-state index in [9.17, 15) is 0 Å². The number of benzene rings is 1. The third kappa shape index (κ3) is 1.87. The van der Waals surface area contributed by atoms with Crippen molar-refractivity contribution in [1.82, 2.24) is 4.90 Å². The normalized spacial score (nSPS) is 26.9. The number of nitrogens with zero attached hydrogens (tertiary/aromatic N) is 1. The van der Waals surface area contributed by atoms with Crippen LogP contribution in [0.25, 0.3) is 0 Å². The Labute approximate surface area is 110 Å². The number of allylic oxidation sites excluding steroid dienone is 1. The molecule has 1 aromatic carbocycles. The Hall–Kier alpha value is -1.52. The molecule has 92 valence electrons. The zero-order valence-corrected chi connectivity index (χ0v) is 10.7. The van der Waals surface area contributed by atoms with Crippen molar-refractivity contribution in [3.05, 3.63) is 48.6 Å². The molecule has 1 spiro atoms. The molecular weight excluding hydrogens is 218 g/mol. The summed E-state index contributed by atoms with van der Waals surface area (Å²) in [5.74, 6) is 6.65. The zero-order valence-electron chi connectivity index (χ0n) is 10.7. The molecule has 2 aliphatic rings. The topological polar surface area (TPSA) is 3.01 Å². The summed E-state index contributed by atoms with van der Waals surface area (Å²) in [4.78, 5) is 2.57. The van der Waals surface area contributed by atoms with Gasteiger partial charge in [-0.05, 0) is 24.8 Å². The Morgan fingerprint density at radius 3 is 2.72 bits per heavy atom. The Bertz CT molecular complexity index is 487. The number of rotatable bonds is 3. The molecule has 1 saturated carbocycles. The maximum absolute atomic E-state index is 3.72. The first-order valence-electron chi connectivity index (χ1n) is 6.77. The smallest absolute Gasteiger partial charge is 0.0909 e. The molecule has 0 N–H and O–H groups in total. The van der Waals surface area contributed by atoms with Crippen LogP contribution < -0.4 is 0 Å². The van der Waals surface area contributed by atoms with Gasteiger partial charge in [-0.3, -0.25) is 4.90 Å². The lowest BCUT2D eigenvalue weighted by Crippen LogP contribution is -2.28. The molecule has 1 aromatic rings. The van der Waals surface area contributed by atoms with Gasteiger partial charge >= 0.3 is 0 Å². The van der Waals surface area contributed by atoms with Gasteiger partial charge in [0.25, 0.3) is 0 Å². The molecule has 1 aliphatic heterocycles. The SMILES string of the molecule is C=CCC#CC1N(Cc2ccccc2)C12CCC2. The zero-order chi connectivity index (χ0) is 12.4. The Morgan fingerprint density at radius 1 is 1.33 bits per heavy atom. The molecule has 0 bridgehead atoms. The van der Waals surface area contributed by atoms with Gasteiger partial charge in [-0.2, -0.15) is 0 Å². The minimum atomic E-state index is 0.435. The second-order valence-electron chi connectivity index (χ2n) is 5.29. The summed E-state index contributed by atoms with van der Waals surface area (Å²) in [6.45, 7) is 4.77. The van der Waals surface area contributed by atoms with Gasteiger partial charge < -0.3 is 0 Å². The molecule has 0 amide bonds. The van der Waals surface area contributed by atoms with Crippen LogP contribution in [0.4, 0.5) is 0 Å². The highest BCUT2D eigenvalue weighted by Gasteiger charge is 2.64. The molecule has 1 heteroatoms. The van der Waals surface area contributed by atoms with Gasteiger partial charge in [0.15, 0.2) is 0 Å². The van der Waals surface area contributed by atoms with E-state index in [4.69, 9.17) is 0 Å². The fourth-order valence-corrected chi connectivity index (χ4v) is 3.00. The maximum Gasteiger partial charge on any atom is 0.0909 e. The van der Waals surface area contributed by atoms with Crippen molar-refractivity contribution in [1.29, 1.82) is 0 Å². The average molecular weight is 237 g/mol. The summed E-state index contributed by atoms with van der Waals surface area (Å²) >= 11 is 0. The molecular formula is C17H19N. The van der Waals surface area contributed by atoms with Crippen LogP contribution in [-0.2, 0) is 6.54 Å². The maximum atomic E-state index is 3.72. The standard InChI is InChI=1S/C17H19N/c1-2-3-5-11-16-17(12-8-13-17)18(16)14-15-9-6-4-7-10-15/h2,4,6-7,9-10,16H,1,3,8,12-14H2. The van der Waals surface area contributed by atoms with Crippen molar-refractivity contribution in [2.75, 3.05) is 0 Å². The van der Waals surface area contributed by atoms with Crippen molar-refractivity contribution >= 4 is 0 Å². The van der Waals surface area contributed by atoms with E-state index in [0.717, 1.165) is 13.0 Å². The lowest BCUT2D eigenvalue weighted by Gasteiger charge is -2.26. The molecule has 1 saturated heterocycles. The highest BCUT2D eigenvalue weighted by Crippen LogP contribution is 2.55. The number of hydrogen-bond donors (Lipinski definition) is 0. The lowest BCUT2D eigenvalue weighted by atomic mass is 9.81. The van der Waals surface area contributed by atoms with Gasteiger partial charge in [0.1, 0.15) is 0 Å². The molecule has 1 aliphatic carbocycles. The monoisotopic (exact) mass is 237 g/mol. The summed E-state index contributed by atoms with van der Waals surface area (Å²) in [7, 11) is 0. The van der Waals surface area contributed by atoms with E-state index in [2.05, 4.69) is 53.7 Å². The molecule has 18 heavy (non-hydrogen) atoms. The van der Waals surface area contributed by atoms with Gasteiger partial charge in [0.2, 0.25) is 0 Å². The average Bonchev–Trinajstić information content (AvgIpc) is 2.99. The summed E-state index contributed by atoms with van der Waals surface area (Å²) in [5.41, 5.74) is 1.83. The first-order valence-corrected chi connectivity index (χ1v) is 6.77. The van der Waals surface area contributed by atoms with Crippen molar-refractivity contribution in [2.24, 2.45) is 0 Å². The summed E-state index contributed by atoms with van der Waals surface area (Å²) in [6.07, 6.45) is 6.71. The van der Waals surface area contributed by atoms with E-state index >= 15 is 0 Å². The first kappa shape index (κ1) is 11.6. The highest BCUT2D eigenvalue weighted by atomic mass is 15.4. The van der Waals surface area contributed by atoms with Crippen LogP contribution >= 0.6 is 0 Å². The lowest BCUT2D eigenvalue weighted by molar-refractivity contribution is 0.270. The Balaban J connectivity index is 1.69. The Morgan fingerprint density at radius 2 is 2.11 bits per heavy atom. The third-order valence-corrected chi connectivity index (χ3v) is 4.23. The van der Waals surface area contributed by atoms with E-state index in [0.29, 0.717) is 11.6 Å². The van der Waals surface area contributed by atoms with Gasteiger partial charge in [0, 0.05) is 18.5 Å². The second kappa shape index (κ2) is 4.63. The third-order valence-electron chi connectivity index (χ3n) is 4.23. The van der Waals surface area contributed by atoms with Crippen molar-refractivity contribution in [3.8, 4) is 11.8 Å². The molecule has 1 heterocycles. The first-order chi connectivity index (χ1) is 8.87. The van der Waals surface area contributed by atoms with Gasteiger partial charge in [-0.1, -0.05) is 48.2 Å². The number of hydrogen-bond acceptors (Lipinski definition) is 1.